The molecule has 1 amide bonds. The number of benzene rings is 4. The summed E-state index contributed by atoms with van der Waals surface area (Å²) >= 11 is 6.88. The third kappa shape index (κ3) is 12.2. The van der Waals surface area contributed by atoms with Gasteiger partial charge in [-0.15, -0.1) is 0 Å². The van der Waals surface area contributed by atoms with Gasteiger partial charge in [0.05, 0.1) is 29.4 Å². The highest BCUT2D eigenvalue weighted by Gasteiger charge is 2.35. The third-order valence-electron chi connectivity index (χ3n) is 9.29. The van der Waals surface area contributed by atoms with Gasteiger partial charge in [-0.05, 0) is 103 Å². The number of rotatable bonds is 14. The van der Waals surface area contributed by atoms with Gasteiger partial charge < -0.3 is 25.0 Å². The molecule has 0 aliphatic carbocycles. The number of aliphatic carboxylic acids is 1. The number of amides is 1. The highest BCUT2D eigenvalue weighted by molar-refractivity contribution is 6.35. The molecule has 59 heavy (non-hydrogen) atoms. The first-order chi connectivity index (χ1) is 27.5. The summed E-state index contributed by atoms with van der Waals surface area (Å²) in [4.78, 5) is 25.5. The maximum atomic E-state index is 14.2. The van der Waals surface area contributed by atoms with Crippen LogP contribution in [0.25, 0.3) is 35.4 Å². The molecule has 4 aromatic rings. The predicted molar refractivity (Wildman–Crippen MR) is 216 cm³/mol. The Morgan fingerprint density at radius 1 is 0.746 bits per heavy atom. The van der Waals surface area contributed by atoms with Gasteiger partial charge in [0.1, 0.15) is 11.1 Å². The number of carboxylic acid groups (broad SMARTS) is 1. The normalized spacial score (nSPS) is 13.5. The van der Waals surface area contributed by atoms with E-state index >= 15 is 0 Å². The fourth-order valence-corrected chi connectivity index (χ4v) is 6.29. The summed E-state index contributed by atoms with van der Waals surface area (Å²) in [6.45, 7) is 6.48. The zero-order valence-electron chi connectivity index (χ0n) is 32.9. The summed E-state index contributed by atoms with van der Waals surface area (Å²) in [5, 5.41) is 31.4. The largest absolute Gasteiger partial charge is 0.480 e. The minimum absolute atomic E-state index is 0.110. The summed E-state index contributed by atoms with van der Waals surface area (Å²) in [7, 11) is 0. The van der Waals surface area contributed by atoms with Crippen LogP contribution in [0.1, 0.15) is 77.8 Å². The van der Waals surface area contributed by atoms with Crippen molar-refractivity contribution in [1.29, 1.82) is 0 Å². The number of halogens is 7. The summed E-state index contributed by atoms with van der Waals surface area (Å²) in [6, 6.07) is 17.0. The number of carboxylic acids is 1. The molecule has 8 nitrogen and oxygen atoms in total. The molecule has 1 atom stereocenters. The smallest absolute Gasteiger partial charge is 0.416 e. The van der Waals surface area contributed by atoms with E-state index in [1.807, 2.05) is 0 Å². The molecule has 0 unspecified atom stereocenters. The number of carbonyl (C=O) groups is 2. The lowest BCUT2D eigenvalue weighted by molar-refractivity contribution is -0.146. The summed E-state index contributed by atoms with van der Waals surface area (Å²) < 4.78 is 90.1. The van der Waals surface area contributed by atoms with Gasteiger partial charge in [0.25, 0.3) is 0 Å². The molecule has 15 heteroatoms. The average Bonchev–Trinajstić information content (AvgIpc) is 3.14. The Labute approximate surface area is 343 Å². The highest BCUT2D eigenvalue weighted by Crippen LogP contribution is 2.38. The van der Waals surface area contributed by atoms with Crippen molar-refractivity contribution in [3.63, 3.8) is 0 Å². The number of alkyl halides is 6. The molecule has 0 aromatic heterocycles. The van der Waals surface area contributed by atoms with Gasteiger partial charge in [-0.3, -0.25) is 10.1 Å². The molecule has 0 radical (unpaired) electrons. The van der Waals surface area contributed by atoms with Crippen LogP contribution < -0.4 is 5.32 Å². The van der Waals surface area contributed by atoms with Crippen molar-refractivity contribution in [2.24, 2.45) is 0 Å². The summed E-state index contributed by atoms with van der Waals surface area (Å²) in [6.07, 6.45) is -4.66. The first-order valence-corrected chi connectivity index (χ1v) is 18.7. The van der Waals surface area contributed by atoms with Crippen molar-refractivity contribution in [1.82, 2.24) is 10.2 Å². The van der Waals surface area contributed by atoms with E-state index in [0.29, 0.717) is 38.9 Å². The monoisotopic (exact) mass is 846 g/mol. The number of nitrogens with zero attached hydrogens (tertiary/aromatic N) is 1. The molecule has 4 N–H and O–H groups in total. The van der Waals surface area contributed by atoms with Crippen LogP contribution in [0.5, 0.6) is 0 Å². The Hall–Kier alpha value is -5.15. The van der Waals surface area contributed by atoms with Crippen LogP contribution >= 0.6 is 11.6 Å². The van der Waals surface area contributed by atoms with Crippen molar-refractivity contribution in [3.05, 3.63) is 128 Å². The zero-order chi connectivity index (χ0) is 43.9. The molecular formula is C44H45ClF6N2O6. The number of hydrogen-bond acceptors (Lipinski definition) is 6. The molecule has 0 saturated heterocycles. The Kier molecular flexibility index (Phi) is 14.9. The minimum Gasteiger partial charge on any atom is -0.480 e. The van der Waals surface area contributed by atoms with Crippen molar-refractivity contribution < 1.29 is 56.0 Å². The topological polar surface area (TPSA) is 119 Å². The Morgan fingerprint density at radius 2 is 1.25 bits per heavy atom. The molecule has 4 rings (SSSR count). The van der Waals surface area contributed by atoms with Gasteiger partial charge >= 0.3 is 24.4 Å². The van der Waals surface area contributed by atoms with Crippen molar-refractivity contribution >= 4 is 48.0 Å². The molecule has 0 aliphatic heterocycles. The van der Waals surface area contributed by atoms with Gasteiger partial charge in [0.15, 0.2) is 0 Å². The molecule has 0 bridgehead atoms. The predicted octanol–water partition coefficient (Wildman–Crippen LogP) is 10.3. The van der Waals surface area contributed by atoms with Crippen LogP contribution in [-0.2, 0) is 35.0 Å². The number of aliphatic hydroxyl groups excluding tert-OH is 2. The Morgan fingerprint density at radius 3 is 1.78 bits per heavy atom. The van der Waals surface area contributed by atoms with Crippen molar-refractivity contribution in [2.75, 3.05) is 19.8 Å². The molecule has 4 aromatic carbocycles. The molecule has 0 fully saturated rings. The molecule has 316 valence electrons. The number of carbonyl (C=O) groups excluding carboxylic acids is 1. The number of aliphatic hydroxyl groups is 2. The zero-order valence-corrected chi connectivity index (χ0v) is 33.7. The second-order valence-corrected chi connectivity index (χ2v) is 15.4. The quantitative estimate of drug-likeness (QED) is 0.0737. The van der Waals surface area contributed by atoms with E-state index in [1.165, 1.54) is 60.4 Å². The van der Waals surface area contributed by atoms with E-state index in [4.69, 9.17) is 16.3 Å². The number of ether oxygens (including phenoxy) is 1. The molecule has 0 aliphatic rings. The molecule has 0 saturated carbocycles. The standard InChI is InChI=1S/C44H45ClF6N2O6/c1-27-30(14-16-32-22-28(12-18-36(32)43(46,47)48)24-52-42(5,26-55)39(56)57)8-6-10-34(27)35-11-7-9-31(38(35)45)15-17-33-23-29(13-19-37(33)44(49,50)51)25-53(20-21-54)40(58)59-41(2,3)4/h6-19,22-23,52,54-55H,20-21,24-26H2,1-5H3,(H,56,57)/b16-14+,17-15+/t42-/m0/s1. The van der Waals surface area contributed by atoms with E-state index in [1.54, 1.807) is 64.1 Å². The average molecular weight is 847 g/mol. The summed E-state index contributed by atoms with van der Waals surface area (Å²) in [5.74, 6) is -1.33. The summed E-state index contributed by atoms with van der Waals surface area (Å²) in [5.41, 5.74) is -1.39. The van der Waals surface area contributed by atoms with Crippen LogP contribution in [0, 0.1) is 6.92 Å². The lowest BCUT2D eigenvalue weighted by atomic mass is 9.94. The Bertz CT molecular complexity index is 2210. The first-order valence-electron chi connectivity index (χ1n) is 18.3. The van der Waals surface area contributed by atoms with E-state index < -0.39 is 59.9 Å². The molecule has 0 heterocycles. The van der Waals surface area contributed by atoms with E-state index in [0.717, 1.165) is 12.1 Å². The third-order valence-corrected chi connectivity index (χ3v) is 9.71. The fourth-order valence-electron chi connectivity index (χ4n) is 6.00. The van der Waals surface area contributed by atoms with Crippen LogP contribution in [0.15, 0.2) is 72.8 Å². The van der Waals surface area contributed by atoms with Gasteiger partial charge in [0, 0.05) is 25.2 Å². The SMILES string of the molecule is Cc1c(/C=C/c2cc(CN[C@@](C)(CO)C(=O)O)ccc2C(F)(F)F)cccc1-c1cccc(/C=C/c2cc(CN(CCO)C(=O)OC(C)(C)C)ccc2C(F)(F)F)c1Cl. The number of nitrogens with one attached hydrogen (secondary N) is 1. The Balaban J connectivity index is 1.68. The maximum absolute atomic E-state index is 14.2. The second kappa shape index (κ2) is 18.8. The van der Waals surface area contributed by atoms with Crippen molar-refractivity contribution in [3.8, 4) is 11.1 Å². The van der Waals surface area contributed by atoms with Crippen LogP contribution in [-0.4, -0.2) is 63.2 Å². The van der Waals surface area contributed by atoms with Crippen LogP contribution in [0.4, 0.5) is 31.1 Å². The van der Waals surface area contributed by atoms with Gasteiger partial charge in [-0.25, -0.2) is 4.79 Å². The van der Waals surface area contributed by atoms with Crippen LogP contribution in [0.3, 0.4) is 0 Å². The van der Waals surface area contributed by atoms with E-state index in [-0.39, 0.29) is 35.8 Å². The minimum atomic E-state index is -4.72. The van der Waals surface area contributed by atoms with E-state index in [9.17, 15) is 51.3 Å². The van der Waals surface area contributed by atoms with E-state index in [2.05, 4.69) is 5.32 Å². The second-order valence-electron chi connectivity index (χ2n) is 15.0. The first kappa shape index (κ1) is 46.5. The van der Waals surface area contributed by atoms with Gasteiger partial charge in [0.2, 0.25) is 0 Å². The maximum Gasteiger partial charge on any atom is 0.416 e. The lowest BCUT2D eigenvalue weighted by Crippen LogP contribution is -2.52. The lowest BCUT2D eigenvalue weighted by Gasteiger charge is -2.27. The molecule has 0 spiro atoms. The number of hydrogen-bond donors (Lipinski definition) is 4. The highest BCUT2D eigenvalue weighted by atomic mass is 35.5. The van der Waals surface area contributed by atoms with Gasteiger partial charge in [-0.1, -0.05) is 84.4 Å². The van der Waals surface area contributed by atoms with Crippen molar-refractivity contribution in [2.45, 2.75) is 71.2 Å². The molecular weight excluding hydrogens is 802 g/mol. The van der Waals surface area contributed by atoms with Crippen LogP contribution in [0.2, 0.25) is 5.02 Å². The fraction of sp³-hybridized carbons (Fsp3) is 0.318. The van der Waals surface area contributed by atoms with Gasteiger partial charge in [-0.2, -0.15) is 26.3 Å².